The Balaban J connectivity index is 1.80. The second kappa shape index (κ2) is 15.7. The predicted molar refractivity (Wildman–Crippen MR) is 158 cm³/mol. The van der Waals surface area contributed by atoms with E-state index < -0.39 is 47.9 Å². The summed E-state index contributed by atoms with van der Waals surface area (Å²) in [4.78, 5) is 61.9. The molecule has 3 rings (SSSR count). The van der Waals surface area contributed by atoms with Crippen molar-refractivity contribution in [3.8, 4) is 0 Å². The van der Waals surface area contributed by atoms with Crippen LogP contribution in [0.2, 0.25) is 0 Å². The maximum Gasteiger partial charge on any atom is 0.326 e. The minimum Gasteiger partial charge on any atom is -0.480 e. The van der Waals surface area contributed by atoms with Gasteiger partial charge in [0, 0.05) is 41.8 Å². The number of nitrogens with two attached hydrogens (primary N) is 2. The molecule has 4 unspecified atom stereocenters. The zero-order valence-electron chi connectivity index (χ0n) is 24.1. The van der Waals surface area contributed by atoms with E-state index in [1.165, 1.54) is 6.33 Å². The molecule has 13 heteroatoms. The second-order valence-electron chi connectivity index (χ2n) is 10.9. The number of carboxylic acids is 1. The zero-order chi connectivity index (χ0) is 30.6. The number of amides is 3. The number of benzene rings is 1. The van der Waals surface area contributed by atoms with Crippen molar-refractivity contribution in [2.45, 2.75) is 76.5 Å². The molecule has 10 N–H and O–H groups in total. The molecular weight excluding hydrogens is 540 g/mol. The average Bonchev–Trinajstić information content (AvgIpc) is 3.61. The Labute approximate surface area is 244 Å². The van der Waals surface area contributed by atoms with Crippen molar-refractivity contribution in [1.82, 2.24) is 30.9 Å². The summed E-state index contributed by atoms with van der Waals surface area (Å²) in [5, 5.41) is 18.6. The van der Waals surface area contributed by atoms with Gasteiger partial charge in [0.2, 0.25) is 17.7 Å². The summed E-state index contributed by atoms with van der Waals surface area (Å²) < 4.78 is 0. The van der Waals surface area contributed by atoms with E-state index in [2.05, 4.69) is 30.9 Å². The Morgan fingerprint density at radius 3 is 2.29 bits per heavy atom. The lowest BCUT2D eigenvalue weighted by molar-refractivity contribution is -0.142. The lowest BCUT2D eigenvalue weighted by atomic mass is 10.00. The van der Waals surface area contributed by atoms with Gasteiger partial charge in [-0.3, -0.25) is 14.4 Å². The van der Waals surface area contributed by atoms with Crippen LogP contribution in [0.25, 0.3) is 10.9 Å². The van der Waals surface area contributed by atoms with Crippen molar-refractivity contribution < 1.29 is 24.3 Å². The van der Waals surface area contributed by atoms with Crippen LogP contribution in [0.3, 0.4) is 0 Å². The Morgan fingerprint density at radius 2 is 1.62 bits per heavy atom. The third-order valence-electron chi connectivity index (χ3n) is 6.96. The second-order valence-corrected chi connectivity index (χ2v) is 10.9. The number of para-hydroxylation sites is 1. The molecule has 0 aliphatic rings. The van der Waals surface area contributed by atoms with Gasteiger partial charge in [0.15, 0.2) is 0 Å². The van der Waals surface area contributed by atoms with E-state index in [1.54, 1.807) is 12.4 Å². The van der Waals surface area contributed by atoms with Crippen molar-refractivity contribution in [2.75, 3.05) is 6.54 Å². The highest BCUT2D eigenvalue weighted by atomic mass is 16.4. The van der Waals surface area contributed by atoms with Crippen LogP contribution >= 0.6 is 0 Å². The van der Waals surface area contributed by atoms with Crippen LogP contribution in [0.5, 0.6) is 0 Å². The lowest BCUT2D eigenvalue weighted by Crippen LogP contribution is -2.58. The number of hydrogen-bond donors (Lipinski definition) is 8. The van der Waals surface area contributed by atoms with Gasteiger partial charge in [-0.05, 0) is 49.8 Å². The van der Waals surface area contributed by atoms with Crippen LogP contribution in [0.1, 0.15) is 50.8 Å². The molecule has 0 aliphatic carbocycles. The summed E-state index contributed by atoms with van der Waals surface area (Å²) in [7, 11) is 0. The molecule has 42 heavy (non-hydrogen) atoms. The number of fused-ring (bicyclic) bond motifs is 1. The van der Waals surface area contributed by atoms with E-state index >= 15 is 0 Å². The van der Waals surface area contributed by atoms with Crippen molar-refractivity contribution in [3.63, 3.8) is 0 Å². The van der Waals surface area contributed by atoms with Crippen molar-refractivity contribution in [3.05, 3.63) is 54.2 Å². The minimum absolute atomic E-state index is 0.00561. The van der Waals surface area contributed by atoms with Gasteiger partial charge in [-0.25, -0.2) is 9.78 Å². The Kier molecular flexibility index (Phi) is 12.1. The molecule has 0 saturated carbocycles. The predicted octanol–water partition coefficient (Wildman–Crippen LogP) is 0.718. The van der Waals surface area contributed by atoms with Gasteiger partial charge in [-0.2, -0.15) is 0 Å². The number of carboxylic acid groups (broad SMARTS) is 1. The number of nitrogens with one attached hydrogen (secondary N) is 5. The SMILES string of the molecule is CC(C)CC(NC(=O)C(Cc1c[nH]c2ccccc12)NC(=O)C(N)Cc1cnc[nH]1)C(=O)NC(CCCCN)C(=O)O. The van der Waals surface area contributed by atoms with E-state index in [0.717, 1.165) is 16.5 Å². The maximum absolute atomic E-state index is 13.7. The summed E-state index contributed by atoms with van der Waals surface area (Å²) in [6.45, 7) is 4.20. The maximum atomic E-state index is 13.7. The van der Waals surface area contributed by atoms with Crippen molar-refractivity contribution in [2.24, 2.45) is 17.4 Å². The first-order valence-corrected chi connectivity index (χ1v) is 14.2. The molecule has 4 atom stereocenters. The molecule has 0 aliphatic heterocycles. The van der Waals surface area contributed by atoms with Gasteiger partial charge >= 0.3 is 5.97 Å². The number of unbranched alkanes of at least 4 members (excludes halogenated alkanes) is 1. The minimum atomic E-state index is -1.16. The Bertz CT molecular complexity index is 1320. The molecule has 0 fully saturated rings. The van der Waals surface area contributed by atoms with Crippen LogP contribution < -0.4 is 27.4 Å². The molecule has 3 aromatic rings. The van der Waals surface area contributed by atoms with Gasteiger partial charge in [-0.1, -0.05) is 32.0 Å². The Morgan fingerprint density at radius 1 is 0.929 bits per heavy atom. The molecule has 0 radical (unpaired) electrons. The molecule has 13 nitrogen and oxygen atoms in total. The highest BCUT2D eigenvalue weighted by Crippen LogP contribution is 2.19. The number of aliphatic carboxylic acids is 1. The molecule has 0 bridgehead atoms. The fourth-order valence-electron chi connectivity index (χ4n) is 4.73. The number of rotatable bonds is 17. The monoisotopic (exact) mass is 582 g/mol. The molecule has 0 spiro atoms. The van der Waals surface area contributed by atoms with Crippen LogP contribution in [-0.2, 0) is 32.0 Å². The summed E-state index contributed by atoms with van der Waals surface area (Å²) in [5.74, 6) is -2.89. The summed E-state index contributed by atoms with van der Waals surface area (Å²) in [5.41, 5.74) is 14.0. The number of imidazole rings is 1. The van der Waals surface area contributed by atoms with E-state index in [0.29, 0.717) is 25.1 Å². The average molecular weight is 583 g/mol. The largest absolute Gasteiger partial charge is 0.480 e. The Hall–Kier alpha value is -4.23. The van der Waals surface area contributed by atoms with E-state index in [-0.39, 0.29) is 31.6 Å². The van der Waals surface area contributed by atoms with Crippen LogP contribution in [-0.4, -0.2) is 74.5 Å². The van der Waals surface area contributed by atoms with Crippen molar-refractivity contribution >= 4 is 34.6 Å². The topological polar surface area (TPSA) is 221 Å². The van der Waals surface area contributed by atoms with E-state index in [4.69, 9.17) is 11.5 Å². The van der Waals surface area contributed by atoms with Crippen molar-refractivity contribution in [1.29, 1.82) is 0 Å². The quantitative estimate of drug-likeness (QED) is 0.106. The number of aromatic amines is 2. The van der Waals surface area contributed by atoms with Crippen LogP contribution in [0.4, 0.5) is 0 Å². The number of aromatic nitrogens is 3. The molecule has 2 heterocycles. The summed E-state index contributed by atoms with van der Waals surface area (Å²) >= 11 is 0. The smallest absolute Gasteiger partial charge is 0.326 e. The highest BCUT2D eigenvalue weighted by molar-refractivity contribution is 5.95. The third kappa shape index (κ3) is 9.42. The normalized spacial score (nSPS) is 14.2. The third-order valence-corrected chi connectivity index (χ3v) is 6.96. The van der Waals surface area contributed by atoms with E-state index in [9.17, 15) is 24.3 Å². The number of nitrogens with zero attached hydrogens (tertiary/aromatic N) is 1. The number of hydrogen-bond acceptors (Lipinski definition) is 7. The number of H-pyrrole nitrogens is 2. The molecule has 228 valence electrons. The first-order chi connectivity index (χ1) is 20.1. The van der Waals surface area contributed by atoms with E-state index in [1.807, 2.05) is 38.1 Å². The van der Waals surface area contributed by atoms with Gasteiger partial charge in [-0.15, -0.1) is 0 Å². The lowest BCUT2D eigenvalue weighted by Gasteiger charge is -2.26. The van der Waals surface area contributed by atoms with Gasteiger partial charge < -0.3 is 42.5 Å². The van der Waals surface area contributed by atoms with Crippen LogP contribution in [0.15, 0.2) is 43.0 Å². The molecular formula is C29H42N8O5. The van der Waals surface area contributed by atoms with Gasteiger partial charge in [0.1, 0.15) is 18.1 Å². The zero-order valence-corrected chi connectivity index (χ0v) is 24.1. The standard InChI is InChI=1S/C29H42N8O5/c1-17(2)11-24(27(39)35-23(29(41)42)9-5-6-10-30)37-28(40)25(12-18-14-33-22-8-4-3-7-20(18)22)36-26(38)21(31)13-19-15-32-16-34-19/h3-4,7-8,14-17,21,23-25,33H,5-6,9-13,30-31H2,1-2H3,(H,32,34)(H,35,39)(H,36,38)(H,37,40)(H,41,42). The fourth-order valence-corrected chi connectivity index (χ4v) is 4.73. The first-order valence-electron chi connectivity index (χ1n) is 14.2. The summed E-state index contributed by atoms with van der Waals surface area (Å²) in [6, 6.07) is 3.43. The molecule has 0 saturated heterocycles. The number of carbonyl (C=O) groups excluding carboxylic acids is 3. The van der Waals surface area contributed by atoms with Gasteiger partial charge in [0.05, 0.1) is 12.4 Å². The van der Waals surface area contributed by atoms with Gasteiger partial charge in [0.25, 0.3) is 0 Å². The molecule has 1 aromatic carbocycles. The first kappa shape index (κ1) is 32.3. The summed E-state index contributed by atoms with van der Waals surface area (Å²) in [6.07, 6.45) is 6.79. The number of carbonyl (C=O) groups is 4. The molecule has 2 aromatic heterocycles. The highest BCUT2D eigenvalue weighted by Gasteiger charge is 2.31. The molecule has 3 amide bonds. The van der Waals surface area contributed by atoms with Crippen LogP contribution in [0, 0.1) is 5.92 Å². The fraction of sp³-hybridized carbons (Fsp3) is 0.483.